The van der Waals surface area contributed by atoms with Gasteiger partial charge in [0, 0.05) is 17.8 Å². The van der Waals surface area contributed by atoms with Gasteiger partial charge in [-0.1, -0.05) is 0 Å². The number of thiazole rings is 1. The zero-order valence-corrected chi connectivity index (χ0v) is 6.86. The molecule has 0 spiro atoms. The molecule has 4 heteroatoms. The van der Waals surface area contributed by atoms with Gasteiger partial charge >= 0.3 is 0 Å². The van der Waals surface area contributed by atoms with Gasteiger partial charge in [-0.05, 0) is 5.41 Å². The van der Waals surface area contributed by atoms with E-state index in [1.165, 1.54) is 0 Å². The Morgan fingerprint density at radius 3 is 3.20 bits per heavy atom. The molecule has 2 nitrogen and oxygen atoms in total. The van der Waals surface area contributed by atoms with Gasteiger partial charge in [0.25, 0.3) is 0 Å². The topological polar surface area (TPSA) is 16.1 Å². The summed E-state index contributed by atoms with van der Waals surface area (Å²) in [5, 5.41) is 5.16. The molecule has 10 heavy (non-hydrogen) atoms. The summed E-state index contributed by atoms with van der Waals surface area (Å²) >= 11 is 3.46. The molecular weight excluding hydrogens is 164 g/mol. The van der Waals surface area contributed by atoms with Crippen molar-refractivity contribution >= 4 is 28.2 Å². The van der Waals surface area contributed by atoms with Crippen molar-refractivity contribution in [3.8, 4) is 0 Å². The van der Waals surface area contributed by atoms with Crippen LogP contribution in [0.15, 0.2) is 23.2 Å². The highest BCUT2D eigenvalue weighted by Crippen LogP contribution is 2.24. The third kappa shape index (κ3) is 1.04. The maximum atomic E-state index is 4.18. The Labute approximate surface area is 67.6 Å². The standard InChI is InChI=1S/C6H6N2S2/c1-3-10-6(7-1)8-2-4-9-5-8/h1-4H,5H2. The van der Waals surface area contributed by atoms with E-state index in [-0.39, 0.29) is 0 Å². The van der Waals surface area contributed by atoms with E-state index < -0.39 is 0 Å². The number of hydrogen-bond acceptors (Lipinski definition) is 4. The largest absolute Gasteiger partial charge is 0.314 e. The molecule has 0 radical (unpaired) electrons. The zero-order valence-electron chi connectivity index (χ0n) is 5.23. The Bertz CT molecular complexity index is 230. The first kappa shape index (κ1) is 6.24. The van der Waals surface area contributed by atoms with Crippen LogP contribution in [0.5, 0.6) is 0 Å². The minimum absolute atomic E-state index is 1.01. The van der Waals surface area contributed by atoms with Gasteiger partial charge in [-0.3, -0.25) is 0 Å². The number of anilines is 1. The van der Waals surface area contributed by atoms with Crippen LogP contribution in [0.3, 0.4) is 0 Å². The molecule has 0 bridgehead atoms. The first-order valence-electron chi connectivity index (χ1n) is 2.91. The van der Waals surface area contributed by atoms with Gasteiger partial charge in [0.2, 0.25) is 0 Å². The summed E-state index contributed by atoms with van der Waals surface area (Å²) in [4.78, 5) is 6.31. The van der Waals surface area contributed by atoms with Crippen molar-refractivity contribution in [2.75, 3.05) is 10.8 Å². The predicted octanol–water partition coefficient (Wildman–Crippen LogP) is 2.12. The Hall–Kier alpha value is -0.480. The lowest BCUT2D eigenvalue weighted by atomic mass is 10.8. The van der Waals surface area contributed by atoms with Crippen molar-refractivity contribution in [3.05, 3.63) is 23.2 Å². The first-order chi connectivity index (χ1) is 4.97. The van der Waals surface area contributed by atoms with Crippen molar-refractivity contribution in [1.82, 2.24) is 4.98 Å². The molecule has 52 valence electrons. The Balaban J connectivity index is 2.20. The summed E-state index contributed by atoms with van der Waals surface area (Å²) in [6.07, 6.45) is 3.89. The van der Waals surface area contributed by atoms with E-state index in [4.69, 9.17) is 0 Å². The normalized spacial score (nSPS) is 16.6. The second-order valence-electron chi connectivity index (χ2n) is 1.87. The summed E-state index contributed by atoms with van der Waals surface area (Å²) in [6.45, 7) is 0. The summed E-state index contributed by atoms with van der Waals surface area (Å²) in [5.74, 6) is 1.01. The lowest BCUT2D eigenvalue weighted by Gasteiger charge is -2.08. The smallest absolute Gasteiger partial charge is 0.190 e. The molecule has 1 aliphatic heterocycles. The van der Waals surface area contributed by atoms with E-state index in [9.17, 15) is 0 Å². The monoisotopic (exact) mass is 170 g/mol. The molecule has 1 aromatic rings. The highest BCUT2D eigenvalue weighted by atomic mass is 32.2. The van der Waals surface area contributed by atoms with E-state index in [1.807, 2.05) is 11.6 Å². The third-order valence-electron chi connectivity index (χ3n) is 1.22. The molecule has 0 N–H and O–H groups in total. The molecule has 1 aliphatic rings. The molecule has 0 aliphatic carbocycles. The van der Waals surface area contributed by atoms with Crippen molar-refractivity contribution in [3.63, 3.8) is 0 Å². The maximum absolute atomic E-state index is 4.18. The van der Waals surface area contributed by atoms with E-state index in [0.717, 1.165) is 11.0 Å². The molecule has 2 rings (SSSR count). The molecule has 0 fully saturated rings. The first-order valence-corrected chi connectivity index (χ1v) is 4.84. The molecule has 0 unspecified atom stereocenters. The van der Waals surface area contributed by atoms with Gasteiger partial charge in [0.05, 0.1) is 5.88 Å². The minimum atomic E-state index is 1.01. The SMILES string of the molecule is C1=CN(c2nccs2)CS1. The molecule has 1 aromatic heterocycles. The molecule has 2 heterocycles. The third-order valence-corrected chi connectivity index (χ3v) is 2.77. The van der Waals surface area contributed by atoms with Crippen LogP contribution in [0.2, 0.25) is 0 Å². The number of nitrogens with zero attached hydrogens (tertiary/aromatic N) is 2. The molecule has 0 aromatic carbocycles. The summed E-state index contributed by atoms with van der Waals surface area (Å²) in [5.41, 5.74) is 0. The molecule has 0 saturated carbocycles. The number of thioether (sulfide) groups is 1. The Kier molecular flexibility index (Phi) is 1.65. The van der Waals surface area contributed by atoms with Crippen LogP contribution in [-0.2, 0) is 0 Å². The van der Waals surface area contributed by atoms with E-state index in [2.05, 4.69) is 21.5 Å². The molecule has 0 saturated heterocycles. The lowest BCUT2D eigenvalue weighted by Crippen LogP contribution is -2.09. The summed E-state index contributed by atoms with van der Waals surface area (Å²) in [6, 6.07) is 0. The minimum Gasteiger partial charge on any atom is -0.314 e. The summed E-state index contributed by atoms with van der Waals surface area (Å²) in [7, 11) is 0. The highest BCUT2D eigenvalue weighted by molar-refractivity contribution is 8.02. The molecule has 0 amide bonds. The Morgan fingerprint density at radius 1 is 1.60 bits per heavy atom. The molecular formula is C6H6N2S2. The van der Waals surface area contributed by atoms with Crippen LogP contribution in [0, 0.1) is 0 Å². The van der Waals surface area contributed by atoms with Crippen LogP contribution in [-0.4, -0.2) is 10.9 Å². The van der Waals surface area contributed by atoms with Gasteiger partial charge in [0.15, 0.2) is 5.13 Å². The highest BCUT2D eigenvalue weighted by Gasteiger charge is 2.08. The van der Waals surface area contributed by atoms with Crippen molar-refractivity contribution in [2.45, 2.75) is 0 Å². The zero-order chi connectivity index (χ0) is 6.81. The van der Waals surface area contributed by atoms with Crippen molar-refractivity contribution in [2.24, 2.45) is 0 Å². The van der Waals surface area contributed by atoms with E-state index in [0.29, 0.717) is 0 Å². The van der Waals surface area contributed by atoms with Crippen molar-refractivity contribution in [1.29, 1.82) is 0 Å². The fourth-order valence-electron chi connectivity index (χ4n) is 0.760. The fourth-order valence-corrected chi connectivity index (χ4v) is 2.16. The quantitative estimate of drug-likeness (QED) is 0.642. The average Bonchev–Trinajstić information content (AvgIpc) is 2.59. The van der Waals surface area contributed by atoms with Crippen LogP contribution in [0.4, 0.5) is 5.13 Å². The van der Waals surface area contributed by atoms with Gasteiger partial charge in [-0.15, -0.1) is 23.1 Å². The van der Waals surface area contributed by atoms with E-state index >= 15 is 0 Å². The van der Waals surface area contributed by atoms with Crippen LogP contribution in [0.25, 0.3) is 0 Å². The van der Waals surface area contributed by atoms with Gasteiger partial charge in [-0.2, -0.15) is 0 Å². The maximum Gasteiger partial charge on any atom is 0.190 e. The Morgan fingerprint density at radius 2 is 2.60 bits per heavy atom. The van der Waals surface area contributed by atoms with Crippen molar-refractivity contribution < 1.29 is 0 Å². The second-order valence-corrected chi connectivity index (χ2v) is 3.60. The second kappa shape index (κ2) is 2.64. The number of rotatable bonds is 1. The van der Waals surface area contributed by atoms with Crippen LogP contribution >= 0.6 is 23.1 Å². The van der Waals surface area contributed by atoms with Gasteiger partial charge in [-0.25, -0.2) is 4.98 Å². The predicted molar refractivity (Wildman–Crippen MR) is 46.2 cm³/mol. The fraction of sp³-hybridized carbons (Fsp3) is 0.167. The number of aromatic nitrogens is 1. The van der Waals surface area contributed by atoms with Gasteiger partial charge < -0.3 is 4.90 Å². The van der Waals surface area contributed by atoms with Crippen LogP contribution < -0.4 is 4.90 Å². The average molecular weight is 170 g/mol. The number of hydrogen-bond donors (Lipinski definition) is 0. The summed E-state index contributed by atoms with van der Waals surface area (Å²) < 4.78 is 0. The van der Waals surface area contributed by atoms with Crippen LogP contribution in [0.1, 0.15) is 0 Å². The van der Waals surface area contributed by atoms with E-state index in [1.54, 1.807) is 23.1 Å². The van der Waals surface area contributed by atoms with Gasteiger partial charge in [0.1, 0.15) is 0 Å². The molecule has 0 atom stereocenters. The lowest BCUT2D eigenvalue weighted by molar-refractivity contribution is 1.15.